The largest absolute Gasteiger partial charge is 0.317 e. The fourth-order valence-corrected chi connectivity index (χ4v) is 2.51. The highest BCUT2D eigenvalue weighted by Gasteiger charge is 2.24. The van der Waals surface area contributed by atoms with Crippen molar-refractivity contribution in [3.05, 3.63) is 34.9 Å². The predicted molar refractivity (Wildman–Crippen MR) is 60.9 cm³/mol. The zero-order valence-electron chi connectivity index (χ0n) is 8.46. The monoisotopic (exact) mass is 209 g/mol. The van der Waals surface area contributed by atoms with E-state index in [1.165, 1.54) is 24.8 Å². The summed E-state index contributed by atoms with van der Waals surface area (Å²) < 4.78 is 0. The van der Waals surface area contributed by atoms with Crippen molar-refractivity contribution in [2.45, 2.75) is 31.2 Å². The van der Waals surface area contributed by atoms with Gasteiger partial charge in [-0.15, -0.1) is 0 Å². The molecule has 0 aromatic heterocycles. The van der Waals surface area contributed by atoms with E-state index in [-0.39, 0.29) is 0 Å². The van der Waals surface area contributed by atoms with Crippen LogP contribution in [-0.4, -0.2) is 13.1 Å². The van der Waals surface area contributed by atoms with Crippen molar-refractivity contribution in [1.29, 1.82) is 0 Å². The van der Waals surface area contributed by atoms with Crippen LogP contribution in [0.15, 0.2) is 24.3 Å². The summed E-state index contributed by atoms with van der Waals surface area (Å²) in [7, 11) is 2.05. The van der Waals surface area contributed by atoms with Gasteiger partial charge in [-0.25, -0.2) is 0 Å². The molecule has 2 heteroatoms. The first-order valence-corrected chi connectivity index (χ1v) is 5.60. The molecule has 0 aliphatic heterocycles. The Morgan fingerprint density at radius 1 is 1.36 bits per heavy atom. The van der Waals surface area contributed by atoms with Gasteiger partial charge < -0.3 is 5.32 Å². The van der Waals surface area contributed by atoms with E-state index >= 15 is 0 Å². The zero-order chi connectivity index (χ0) is 9.97. The lowest BCUT2D eigenvalue weighted by Gasteiger charge is -2.11. The van der Waals surface area contributed by atoms with Crippen LogP contribution in [0.1, 0.15) is 30.7 Å². The molecule has 0 radical (unpaired) electrons. The molecule has 1 aliphatic carbocycles. The highest BCUT2D eigenvalue weighted by Crippen LogP contribution is 2.34. The average Bonchev–Trinajstić information content (AvgIpc) is 2.66. The van der Waals surface area contributed by atoms with Crippen LogP contribution in [0.5, 0.6) is 0 Å². The molecular weight excluding hydrogens is 194 g/mol. The summed E-state index contributed by atoms with van der Waals surface area (Å²) in [5.74, 6) is 0.700. The molecule has 0 bridgehead atoms. The summed E-state index contributed by atoms with van der Waals surface area (Å²) in [6, 6.07) is 8.97. The molecule has 0 saturated heterocycles. The van der Waals surface area contributed by atoms with Crippen LogP contribution in [0.25, 0.3) is 0 Å². The molecule has 0 spiro atoms. The Hall–Kier alpha value is -0.530. The Balaban J connectivity index is 2.09. The first-order valence-electron chi connectivity index (χ1n) is 5.22. The fourth-order valence-electron chi connectivity index (χ4n) is 2.31. The second kappa shape index (κ2) is 4.33. The molecular formula is C12H16ClN. The maximum atomic E-state index is 5.98. The lowest BCUT2D eigenvalue weighted by atomic mass is 9.98. The summed E-state index contributed by atoms with van der Waals surface area (Å²) in [4.78, 5) is 0. The molecule has 1 aromatic carbocycles. The lowest BCUT2D eigenvalue weighted by Crippen LogP contribution is -2.21. The standard InChI is InChI=1S/C12H16ClN/c1-14-12-6-5-10(8-12)9-3-2-4-11(13)7-9/h2-4,7,10,12,14H,5-6,8H2,1H3. The molecule has 1 fully saturated rings. The van der Waals surface area contributed by atoms with Gasteiger partial charge in [0.25, 0.3) is 0 Å². The second-order valence-electron chi connectivity index (χ2n) is 4.05. The van der Waals surface area contributed by atoms with E-state index in [1.807, 2.05) is 19.2 Å². The predicted octanol–water partition coefficient (Wildman–Crippen LogP) is 3.20. The topological polar surface area (TPSA) is 12.0 Å². The maximum Gasteiger partial charge on any atom is 0.0408 e. The first kappa shape index (κ1) is 10.0. The van der Waals surface area contributed by atoms with E-state index in [0.29, 0.717) is 12.0 Å². The third kappa shape index (κ3) is 2.10. The molecule has 1 aliphatic rings. The Bertz CT molecular complexity index is 311. The molecule has 14 heavy (non-hydrogen) atoms. The summed E-state index contributed by atoms with van der Waals surface area (Å²) in [5, 5.41) is 4.20. The summed E-state index contributed by atoms with van der Waals surface area (Å²) in [6.07, 6.45) is 3.82. The van der Waals surface area contributed by atoms with Crippen LogP contribution in [0.2, 0.25) is 5.02 Å². The van der Waals surface area contributed by atoms with Gasteiger partial charge in [-0.3, -0.25) is 0 Å². The van der Waals surface area contributed by atoms with Gasteiger partial charge in [-0.2, -0.15) is 0 Å². The molecule has 1 nitrogen and oxygen atoms in total. The van der Waals surface area contributed by atoms with Crippen LogP contribution < -0.4 is 5.32 Å². The fraction of sp³-hybridized carbons (Fsp3) is 0.500. The molecule has 2 rings (SSSR count). The van der Waals surface area contributed by atoms with E-state index in [1.54, 1.807) is 0 Å². The molecule has 1 saturated carbocycles. The Labute approximate surface area is 90.5 Å². The number of nitrogens with one attached hydrogen (secondary N) is 1. The Morgan fingerprint density at radius 3 is 2.86 bits per heavy atom. The van der Waals surface area contributed by atoms with Gasteiger partial charge in [-0.05, 0) is 49.9 Å². The van der Waals surface area contributed by atoms with Gasteiger partial charge >= 0.3 is 0 Å². The van der Waals surface area contributed by atoms with E-state index < -0.39 is 0 Å². The first-order chi connectivity index (χ1) is 6.79. The van der Waals surface area contributed by atoms with Crippen molar-refractivity contribution in [2.24, 2.45) is 0 Å². The average molecular weight is 210 g/mol. The lowest BCUT2D eigenvalue weighted by molar-refractivity contribution is 0.572. The third-order valence-electron chi connectivity index (χ3n) is 3.16. The molecule has 1 aromatic rings. The minimum Gasteiger partial charge on any atom is -0.317 e. The number of hydrogen-bond acceptors (Lipinski definition) is 1. The Morgan fingerprint density at radius 2 is 2.21 bits per heavy atom. The van der Waals surface area contributed by atoms with Gasteiger partial charge in [0.15, 0.2) is 0 Å². The number of hydrogen-bond donors (Lipinski definition) is 1. The molecule has 2 atom stereocenters. The highest BCUT2D eigenvalue weighted by molar-refractivity contribution is 6.30. The van der Waals surface area contributed by atoms with Crippen molar-refractivity contribution in [3.8, 4) is 0 Å². The van der Waals surface area contributed by atoms with Crippen molar-refractivity contribution in [1.82, 2.24) is 5.32 Å². The van der Waals surface area contributed by atoms with Crippen LogP contribution in [0, 0.1) is 0 Å². The van der Waals surface area contributed by atoms with Gasteiger partial charge in [0, 0.05) is 11.1 Å². The van der Waals surface area contributed by atoms with E-state index in [0.717, 1.165) is 5.02 Å². The minimum atomic E-state index is 0.694. The molecule has 2 unspecified atom stereocenters. The van der Waals surface area contributed by atoms with E-state index in [2.05, 4.69) is 17.4 Å². The maximum absolute atomic E-state index is 5.98. The smallest absolute Gasteiger partial charge is 0.0408 e. The van der Waals surface area contributed by atoms with Crippen LogP contribution in [0.3, 0.4) is 0 Å². The molecule has 76 valence electrons. The number of rotatable bonds is 2. The van der Waals surface area contributed by atoms with Crippen LogP contribution >= 0.6 is 11.6 Å². The normalized spacial score (nSPS) is 26.7. The minimum absolute atomic E-state index is 0.694. The van der Waals surface area contributed by atoms with Gasteiger partial charge in [-0.1, -0.05) is 23.7 Å². The van der Waals surface area contributed by atoms with Crippen molar-refractivity contribution in [2.75, 3.05) is 7.05 Å². The van der Waals surface area contributed by atoms with E-state index in [9.17, 15) is 0 Å². The summed E-state index contributed by atoms with van der Waals surface area (Å²) >= 11 is 5.98. The van der Waals surface area contributed by atoms with Crippen LogP contribution in [0.4, 0.5) is 0 Å². The quantitative estimate of drug-likeness (QED) is 0.789. The Kier molecular flexibility index (Phi) is 3.09. The number of halogens is 1. The SMILES string of the molecule is CNC1CCC(c2cccc(Cl)c2)C1. The molecule has 1 N–H and O–H groups in total. The summed E-state index contributed by atoms with van der Waals surface area (Å²) in [5.41, 5.74) is 1.40. The van der Waals surface area contributed by atoms with E-state index in [4.69, 9.17) is 11.6 Å². The van der Waals surface area contributed by atoms with Crippen molar-refractivity contribution >= 4 is 11.6 Å². The third-order valence-corrected chi connectivity index (χ3v) is 3.40. The summed E-state index contributed by atoms with van der Waals surface area (Å²) in [6.45, 7) is 0. The zero-order valence-corrected chi connectivity index (χ0v) is 9.22. The molecule has 0 heterocycles. The van der Waals surface area contributed by atoms with Crippen LogP contribution in [-0.2, 0) is 0 Å². The van der Waals surface area contributed by atoms with Crippen molar-refractivity contribution in [3.63, 3.8) is 0 Å². The highest BCUT2D eigenvalue weighted by atomic mass is 35.5. The molecule has 0 amide bonds. The van der Waals surface area contributed by atoms with Gasteiger partial charge in [0.1, 0.15) is 0 Å². The van der Waals surface area contributed by atoms with Gasteiger partial charge in [0.2, 0.25) is 0 Å². The van der Waals surface area contributed by atoms with Crippen molar-refractivity contribution < 1.29 is 0 Å². The number of benzene rings is 1. The van der Waals surface area contributed by atoms with Gasteiger partial charge in [0.05, 0.1) is 0 Å². The second-order valence-corrected chi connectivity index (χ2v) is 4.49.